The summed E-state index contributed by atoms with van der Waals surface area (Å²) in [5, 5.41) is 45.5. The zero-order valence-corrected chi connectivity index (χ0v) is 54.8. The SMILES string of the molecule is COC(=O)[C@H](CCNC(=O)OC(C)(C)C)NC(=O)[C@@H](NC(=O)[C@H](CCNC(=O)OC(C)(C)C)NC(=O)CN(CC(=O)N[C@@H](CCNC(=O)OC(C)(C)C)C(=O)N[C@H](C(=O)N[C@@H](CCNC(=O)OC(C)(C)C)C(=O)OC)[C@@H](C)O)C(=O)OCc1ccccc1)[C@@H](C)O. The Morgan fingerprint density at radius 2 is 0.725 bits per heavy atom. The molecule has 1 aromatic rings. The molecule has 0 saturated carbocycles. The van der Waals surface area contributed by atoms with Crippen LogP contribution >= 0.6 is 0 Å². The van der Waals surface area contributed by atoms with Gasteiger partial charge in [0.2, 0.25) is 35.4 Å². The van der Waals surface area contributed by atoms with Gasteiger partial charge in [0.05, 0.1) is 26.4 Å². The van der Waals surface area contributed by atoms with E-state index in [-0.39, 0.29) is 39.0 Å². The number of carbonyl (C=O) groups excluding carboxylic acids is 13. The number of rotatable bonds is 32. The summed E-state index contributed by atoms with van der Waals surface area (Å²) in [6.07, 6.45) is -9.62. The van der Waals surface area contributed by atoms with Gasteiger partial charge in [0.1, 0.15) is 78.4 Å². The molecule has 514 valence electrons. The van der Waals surface area contributed by atoms with Gasteiger partial charge in [-0.1, -0.05) is 30.3 Å². The molecule has 1 aromatic carbocycles. The van der Waals surface area contributed by atoms with Crippen LogP contribution in [0.1, 0.15) is 128 Å². The molecule has 12 N–H and O–H groups in total. The Kier molecular flexibility index (Phi) is 33.6. The molecule has 33 heteroatoms. The van der Waals surface area contributed by atoms with E-state index in [9.17, 15) is 72.5 Å². The first-order valence-corrected chi connectivity index (χ1v) is 29.2. The summed E-state index contributed by atoms with van der Waals surface area (Å²) in [7, 11) is 2.06. The Bertz CT molecular complexity index is 2470. The largest absolute Gasteiger partial charge is 0.467 e. The number of methoxy groups -OCH3 is 2. The van der Waals surface area contributed by atoms with Crippen molar-refractivity contribution in [3.05, 3.63) is 35.9 Å². The second-order valence-electron chi connectivity index (χ2n) is 24.6. The van der Waals surface area contributed by atoms with Crippen molar-refractivity contribution in [2.45, 2.75) is 200 Å². The van der Waals surface area contributed by atoms with Crippen molar-refractivity contribution in [1.29, 1.82) is 0 Å². The van der Waals surface area contributed by atoms with Gasteiger partial charge in [-0.2, -0.15) is 0 Å². The molecule has 0 radical (unpaired) electrons. The number of nitrogens with zero attached hydrogens (tertiary/aromatic N) is 1. The fourth-order valence-electron chi connectivity index (χ4n) is 7.51. The quantitative estimate of drug-likeness (QED) is 0.0341. The molecular formula is C58H95N11O22. The van der Waals surface area contributed by atoms with Gasteiger partial charge in [-0.15, -0.1) is 0 Å². The highest BCUT2D eigenvalue weighted by Crippen LogP contribution is 2.12. The van der Waals surface area contributed by atoms with Crippen molar-refractivity contribution in [3.63, 3.8) is 0 Å². The molecule has 0 aromatic heterocycles. The number of alkyl carbamates (subject to hydrolysis) is 4. The molecule has 0 aliphatic rings. The molecule has 0 aliphatic carbocycles. The summed E-state index contributed by atoms with van der Waals surface area (Å²) in [5.41, 5.74) is -3.19. The van der Waals surface area contributed by atoms with E-state index in [4.69, 9.17) is 33.2 Å². The second-order valence-corrected chi connectivity index (χ2v) is 24.6. The Hall–Kier alpha value is -8.75. The lowest BCUT2D eigenvalue weighted by Gasteiger charge is -2.28. The Morgan fingerprint density at radius 1 is 0.429 bits per heavy atom. The molecule has 0 heterocycles. The minimum Gasteiger partial charge on any atom is -0.467 e. The van der Waals surface area contributed by atoms with Gasteiger partial charge in [0, 0.05) is 26.2 Å². The van der Waals surface area contributed by atoms with Crippen LogP contribution in [-0.4, -0.2) is 217 Å². The highest BCUT2D eigenvalue weighted by atomic mass is 16.6. The van der Waals surface area contributed by atoms with Crippen molar-refractivity contribution in [1.82, 2.24) is 58.1 Å². The molecule has 0 fully saturated rings. The average molecular weight is 1300 g/mol. The first-order valence-electron chi connectivity index (χ1n) is 29.2. The lowest BCUT2D eigenvalue weighted by atomic mass is 10.1. The van der Waals surface area contributed by atoms with Crippen molar-refractivity contribution in [2.24, 2.45) is 0 Å². The molecule has 33 nitrogen and oxygen atoms in total. The summed E-state index contributed by atoms with van der Waals surface area (Å²) >= 11 is 0. The van der Waals surface area contributed by atoms with Gasteiger partial charge in [0.15, 0.2) is 0 Å². The molecule has 0 bridgehead atoms. The number of carbonyl (C=O) groups is 13. The van der Waals surface area contributed by atoms with Gasteiger partial charge >= 0.3 is 42.4 Å². The van der Waals surface area contributed by atoms with Crippen LogP contribution in [0.25, 0.3) is 0 Å². The van der Waals surface area contributed by atoms with E-state index in [0.29, 0.717) is 10.5 Å². The maximum Gasteiger partial charge on any atom is 0.411 e. The number of aliphatic hydroxyl groups is 2. The van der Waals surface area contributed by atoms with Crippen LogP contribution in [0.4, 0.5) is 24.0 Å². The van der Waals surface area contributed by atoms with Gasteiger partial charge in [-0.25, -0.2) is 33.6 Å². The Morgan fingerprint density at radius 3 is 1.00 bits per heavy atom. The van der Waals surface area contributed by atoms with E-state index in [1.807, 2.05) is 0 Å². The number of benzene rings is 1. The Balaban J connectivity index is 3.72. The van der Waals surface area contributed by atoms with Crippen LogP contribution in [0, 0.1) is 0 Å². The van der Waals surface area contributed by atoms with Crippen molar-refractivity contribution < 1.29 is 106 Å². The number of hydrogen-bond acceptors (Lipinski definition) is 22. The number of esters is 2. The summed E-state index contributed by atoms with van der Waals surface area (Å²) in [5.74, 6) is -8.85. The van der Waals surface area contributed by atoms with E-state index in [1.165, 1.54) is 0 Å². The van der Waals surface area contributed by atoms with E-state index in [2.05, 4.69) is 53.2 Å². The lowest BCUT2D eigenvalue weighted by molar-refractivity contribution is -0.146. The smallest absolute Gasteiger partial charge is 0.411 e. The topological polar surface area (TPSA) is 451 Å². The zero-order valence-electron chi connectivity index (χ0n) is 54.8. The number of ether oxygens (including phenoxy) is 7. The number of hydrogen-bond donors (Lipinski definition) is 12. The summed E-state index contributed by atoms with van der Waals surface area (Å²) in [4.78, 5) is 174. The highest BCUT2D eigenvalue weighted by Gasteiger charge is 2.36. The first-order chi connectivity index (χ1) is 42.0. The van der Waals surface area contributed by atoms with Crippen molar-refractivity contribution in [3.8, 4) is 0 Å². The molecule has 1 rings (SSSR count). The maximum atomic E-state index is 14.2. The van der Waals surface area contributed by atoms with Crippen molar-refractivity contribution >= 4 is 77.8 Å². The van der Waals surface area contributed by atoms with Crippen LogP contribution in [0.2, 0.25) is 0 Å². The maximum absolute atomic E-state index is 14.2. The predicted octanol–water partition coefficient (Wildman–Crippen LogP) is 0.301. The van der Waals surface area contributed by atoms with Crippen LogP contribution in [0.3, 0.4) is 0 Å². The van der Waals surface area contributed by atoms with Gasteiger partial charge in [0.25, 0.3) is 0 Å². The van der Waals surface area contributed by atoms with Crippen LogP contribution < -0.4 is 53.2 Å². The zero-order chi connectivity index (χ0) is 69.6. The average Bonchev–Trinajstić information content (AvgIpc) is 1.37. The lowest BCUT2D eigenvalue weighted by Crippen LogP contribution is -2.60. The molecule has 11 amide bonds. The minimum absolute atomic E-state index is 0.214. The van der Waals surface area contributed by atoms with Crippen molar-refractivity contribution in [2.75, 3.05) is 53.5 Å². The normalized spacial score (nSPS) is 14.1. The van der Waals surface area contributed by atoms with Crippen LogP contribution in [-0.2, 0) is 78.1 Å². The van der Waals surface area contributed by atoms with Crippen LogP contribution in [0.15, 0.2) is 30.3 Å². The molecule has 0 spiro atoms. The third-order valence-electron chi connectivity index (χ3n) is 11.6. The highest BCUT2D eigenvalue weighted by molar-refractivity contribution is 5.96. The van der Waals surface area contributed by atoms with Gasteiger partial charge < -0.3 is 96.5 Å². The predicted molar refractivity (Wildman–Crippen MR) is 323 cm³/mol. The molecule has 0 saturated heterocycles. The third kappa shape index (κ3) is 35.3. The third-order valence-corrected chi connectivity index (χ3v) is 11.6. The summed E-state index contributed by atoms with van der Waals surface area (Å²) in [6.45, 7) is 17.7. The molecule has 0 unspecified atom stereocenters. The standard InChI is InChI=1S/C58H95N11O22/c1-33(70)42(46(76)65-38(48(78)85-15)24-28-61-52(82)90-57(9,10)11)67-44(74)36(22-26-59-50(80)88-55(3,4)5)63-40(72)30-69(54(84)87-32-35-20-18-17-19-21-35)31-41(73)64-37(23-27-60-51(81)89-56(6,7)8)45(75)68-43(34(2)71)47(77)66-39(49(79)86-16)25-29-62-53(83)91-58(12,13)14/h17-21,33-34,36-39,42-43,70-71H,22-32H2,1-16H3,(H,59,80)(H,60,81)(H,61,82)(H,62,83)(H,63,72)(H,64,73)(H,65,76)(H,66,77)(H,67,74)(H,68,75)/t33-,34-,36+,37+,38+,39+,42+,43+/m1/s1. The summed E-state index contributed by atoms with van der Waals surface area (Å²) in [6, 6.07) is -1.91. The number of nitrogens with one attached hydrogen (secondary N) is 10. The van der Waals surface area contributed by atoms with Gasteiger partial charge in [-0.05, 0) is 128 Å². The van der Waals surface area contributed by atoms with Gasteiger partial charge in [-0.3, -0.25) is 33.7 Å². The van der Waals surface area contributed by atoms with E-state index in [0.717, 1.165) is 28.1 Å². The minimum atomic E-state index is -1.85. The van der Waals surface area contributed by atoms with E-state index < -0.39 is 181 Å². The van der Waals surface area contributed by atoms with Crippen LogP contribution in [0.5, 0.6) is 0 Å². The molecule has 8 atom stereocenters. The first kappa shape index (κ1) is 80.3. The fraction of sp³-hybridized carbons (Fsp3) is 0.672. The monoisotopic (exact) mass is 1300 g/mol. The molecular weight excluding hydrogens is 1200 g/mol. The molecule has 91 heavy (non-hydrogen) atoms. The summed E-state index contributed by atoms with van der Waals surface area (Å²) < 4.78 is 36.0. The van der Waals surface area contributed by atoms with E-state index in [1.54, 1.807) is 113 Å². The number of aliphatic hydroxyl groups excluding tert-OH is 2. The fourth-order valence-corrected chi connectivity index (χ4v) is 7.51. The van der Waals surface area contributed by atoms with E-state index >= 15 is 0 Å². The Labute approximate surface area is 529 Å². The molecule has 0 aliphatic heterocycles. The second kappa shape index (κ2) is 38.1. The number of amides is 11.